The van der Waals surface area contributed by atoms with Gasteiger partial charge >= 0.3 is 0 Å². The fraction of sp³-hybridized carbons (Fsp3) is 0.400. The van der Waals surface area contributed by atoms with E-state index in [-0.39, 0.29) is 17.7 Å². The van der Waals surface area contributed by atoms with Gasteiger partial charge in [0.2, 0.25) is 0 Å². The Morgan fingerprint density at radius 1 is 1.47 bits per heavy atom. The van der Waals surface area contributed by atoms with E-state index in [0.717, 1.165) is 18.4 Å². The van der Waals surface area contributed by atoms with Gasteiger partial charge < -0.3 is 5.11 Å². The number of aliphatic hydroxyl groups excluding tert-OH is 1. The Morgan fingerprint density at radius 2 is 2.13 bits per heavy atom. The van der Waals surface area contributed by atoms with Crippen LogP contribution in [0.1, 0.15) is 18.4 Å². The largest absolute Gasteiger partial charge is 0.395 e. The lowest BCUT2D eigenvalue weighted by molar-refractivity contribution is -0.385. The highest BCUT2D eigenvalue weighted by Crippen LogP contribution is 2.48. The van der Waals surface area contributed by atoms with Crippen LogP contribution in [-0.2, 0) is 5.41 Å². The number of hydrogen-bond donors (Lipinski definition) is 1. The van der Waals surface area contributed by atoms with Crippen LogP contribution < -0.4 is 0 Å². The third-order valence-corrected chi connectivity index (χ3v) is 3.32. The molecular weight excluding hydrogens is 262 g/mol. The molecule has 4 nitrogen and oxygen atoms in total. The van der Waals surface area contributed by atoms with E-state index in [1.54, 1.807) is 6.07 Å². The molecule has 0 amide bonds. The molecule has 0 bridgehead atoms. The Labute approximate surface area is 95.2 Å². The molecule has 1 aliphatic rings. The summed E-state index contributed by atoms with van der Waals surface area (Å²) in [7, 11) is 0. The van der Waals surface area contributed by atoms with E-state index in [4.69, 9.17) is 0 Å². The van der Waals surface area contributed by atoms with Gasteiger partial charge in [0.05, 0.1) is 11.5 Å². The molecule has 0 saturated heterocycles. The molecule has 1 aromatic rings. The summed E-state index contributed by atoms with van der Waals surface area (Å²) in [5, 5.41) is 19.9. The molecule has 0 heterocycles. The van der Waals surface area contributed by atoms with Crippen LogP contribution >= 0.6 is 15.9 Å². The molecule has 1 saturated carbocycles. The molecule has 1 fully saturated rings. The molecular formula is C10H10BrNO3. The maximum absolute atomic E-state index is 10.7. The first-order valence-electron chi connectivity index (χ1n) is 4.64. The topological polar surface area (TPSA) is 63.4 Å². The molecule has 0 atom stereocenters. The first-order chi connectivity index (χ1) is 7.07. The molecule has 5 heteroatoms. The molecule has 0 aliphatic heterocycles. The van der Waals surface area contributed by atoms with Crippen LogP contribution in [-0.4, -0.2) is 16.6 Å². The van der Waals surface area contributed by atoms with Crippen molar-refractivity contribution in [2.24, 2.45) is 0 Å². The van der Waals surface area contributed by atoms with Gasteiger partial charge in [-0.15, -0.1) is 0 Å². The van der Waals surface area contributed by atoms with Crippen LogP contribution in [0.25, 0.3) is 0 Å². The van der Waals surface area contributed by atoms with Gasteiger partial charge in [-0.1, -0.05) is 15.9 Å². The fourth-order valence-corrected chi connectivity index (χ4v) is 2.16. The van der Waals surface area contributed by atoms with Crippen molar-refractivity contribution in [3.05, 3.63) is 38.3 Å². The van der Waals surface area contributed by atoms with E-state index >= 15 is 0 Å². The van der Waals surface area contributed by atoms with Crippen LogP contribution in [0.5, 0.6) is 0 Å². The van der Waals surface area contributed by atoms with Crippen molar-refractivity contribution >= 4 is 21.6 Å². The minimum absolute atomic E-state index is 0.0562. The molecule has 0 aromatic heterocycles. The minimum atomic E-state index is -0.415. The molecule has 2 rings (SSSR count). The number of halogens is 1. The van der Waals surface area contributed by atoms with Crippen LogP contribution in [0, 0.1) is 10.1 Å². The molecule has 80 valence electrons. The number of nitro benzene ring substituents is 1. The smallest absolute Gasteiger partial charge is 0.270 e. The molecule has 1 N–H and O–H groups in total. The summed E-state index contributed by atoms with van der Waals surface area (Å²) >= 11 is 3.24. The van der Waals surface area contributed by atoms with Crippen LogP contribution in [0.2, 0.25) is 0 Å². The van der Waals surface area contributed by atoms with Gasteiger partial charge in [-0.25, -0.2) is 0 Å². The Hall–Kier alpha value is -0.940. The number of rotatable bonds is 3. The predicted octanol–water partition coefficient (Wildman–Crippen LogP) is 2.38. The Bertz CT molecular complexity index is 415. The summed E-state index contributed by atoms with van der Waals surface area (Å²) in [6, 6.07) is 4.86. The first kappa shape index (κ1) is 10.6. The van der Waals surface area contributed by atoms with E-state index in [9.17, 15) is 15.2 Å². The van der Waals surface area contributed by atoms with Crippen molar-refractivity contribution in [3.63, 3.8) is 0 Å². The molecule has 1 aliphatic carbocycles. The molecule has 0 radical (unpaired) electrons. The normalized spacial score (nSPS) is 17.5. The van der Waals surface area contributed by atoms with E-state index in [2.05, 4.69) is 15.9 Å². The SMILES string of the molecule is O=[N+]([O-])c1cc(Br)cc(C2(CO)CC2)c1. The lowest BCUT2D eigenvalue weighted by Crippen LogP contribution is -2.12. The molecule has 15 heavy (non-hydrogen) atoms. The summed E-state index contributed by atoms with van der Waals surface area (Å²) < 4.78 is 0.687. The van der Waals surface area contributed by atoms with Gasteiger partial charge in [-0.2, -0.15) is 0 Å². The molecule has 0 unspecified atom stereocenters. The second-order valence-electron chi connectivity index (χ2n) is 3.89. The summed E-state index contributed by atoms with van der Waals surface area (Å²) in [5.74, 6) is 0. The second kappa shape index (κ2) is 3.57. The molecule has 0 spiro atoms. The number of aliphatic hydroxyl groups is 1. The van der Waals surface area contributed by atoms with Crippen molar-refractivity contribution in [1.29, 1.82) is 0 Å². The third-order valence-electron chi connectivity index (χ3n) is 2.86. The number of non-ortho nitro benzene ring substituents is 1. The van der Waals surface area contributed by atoms with E-state index < -0.39 is 4.92 Å². The number of benzene rings is 1. The fourth-order valence-electron chi connectivity index (χ4n) is 1.67. The van der Waals surface area contributed by atoms with Crippen LogP contribution in [0.3, 0.4) is 0 Å². The zero-order chi connectivity index (χ0) is 11.1. The number of nitrogens with zero attached hydrogens (tertiary/aromatic N) is 1. The van der Waals surface area contributed by atoms with Gasteiger partial charge in [0.1, 0.15) is 0 Å². The van der Waals surface area contributed by atoms with Gasteiger partial charge in [0.15, 0.2) is 0 Å². The summed E-state index contributed by atoms with van der Waals surface area (Å²) in [5.41, 5.74) is 0.694. The Kier molecular flexibility index (Phi) is 2.52. The van der Waals surface area contributed by atoms with Crippen molar-refractivity contribution in [1.82, 2.24) is 0 Å². The molecule has 1 aromatic carbocycles. The van der Waals surface area contributed by atoms with E-state index in [0.29, 0.717) is 4.47 Å². The summed E-state index contributed by atoms with van der Waals surface area (Å²) in [6.07, 6.45) is 1.80. The van der Waals surface area contributed by atoms with Crippen LogP contribution in [0.15, 0.2) is 22.7 Å². The van der Waals surface area contributed by atoms with Gasteiger partial charge in [0, 0.05) is 22.0 Å². The van der Waals surface area contributed by atoms with Crippen molar-refractivity contribution in [3.8, 4) is 0 Å². The quantitative estimate of drug-likeness (QED) is 0.678. The highest BCUT2D eigenvalue weighted by atomic mass is 79.9. The van der Waals surface area contributed by atoms with Gasteiger partial charge in [-0.3, -0.25) is 10.1 Å². The summed E-state index contributed by atoms with van der Waals surface area (Å²) in [4.78, 5) is 10.2. The zero-order valence-corrected chi connectivity index (χ0v) is 9.53. The van der Waals surface area contributed by atoms with Crippen molar-refractivity contribution in [2.45, 2.75) is 18.3 Å². The van der Waals surface area contributed by atoms with Gasteiger partial charge in [-0.05, 0) is 24.5 Å². The van der Waals surface area contributed by atoms with E-state index in [1.165, 1.54) is 6.07 Å². The highest BCUT2D eigenvalue weighted by Gasteiger charge is 2.44. The van der Waals surface area contributed by atoms with E-state index in [1.807, 2.05) is 6.07 Å². The van der Waals surface area contributed by atoms with Gasteiger partial charge in [0.25, 0.3) is 5.69 Å². The first-order valence-corrected chi connectivity index (χ1v) is 5.43. The average molecular weight is 272 g/mol. The Morgan fingerprint density at radius 3 is 2.60 bits per heavy atom. The number of hydrogen-bond acceptors (Lipinski definition) is 3. The van der Waals surface area contributed by atoms with Crippen LogP contribution in [0.4, 0.5) is 5.69 Å². The zero-order valence-electron chi connectivity index (χ0n) is 7.94. The Balaban J connectivity index is 2.44. The minimum Gasteiger partial charge on any atom is -0.395 e. The lowest BCUT2D eigenvalue weighted by atomic mass is 9.97. The van der Waals surface area contributed by atoms with Crippen molar-refractivity contribution in [2.75, 3.05) is 6.61 Å². The van der Waals surface area contributed by atoms with Crippen molar-refractivity contribution < 1.29 is 10.0 Å². The number of nitro groups is 1. The highest BCUT2D eigenvalue weighted by molar-refractivity contribution is 9.10. The summed E-state index contributed by atoms with van der Waals surface area (Å²) in [6.45, 7) is 0.0562. The predicted molar refractivity (Wildman–Crippen MR) is 58.8 cm³/mol. The standard InChI is InChI=1S/C10H10BrNO3/c11-8-3-7(10(6-13)1-2-10)4-9(5-8)12(14)15/h3-5,13H,1-2,6H2. The second-order valence-corrected chi connectivity index (χ2v) is 4.81. The maximum Gasteiger partial charge on any atom is 0.270 e. The maximum atomic E-state index is 10.7. The average Bonchev–Trinajstić information content (AvgIpc) is 2.97. The third kappa shape index (κ3) is 1.89. The monoisotopic (exact) mass is 271 g/mol. The lowest BCUT2D eigenvalue weighted by Gasteiger charge is -2.11.